The van der Waals surface area contributed by atoms with Gasteiger partial charge in [0.15, 0.2) is 0 Å². The second-order valence-corrected chi connectivity index (χ2v) is 10.3. The van der Waals surface area contributed by atoms with Gasteiger partial charge in [-0.3, -0.25) is 15.1 Å². The molecule has 11 nitrogen and oxygen atoms in total. The molecule has 12 heteroatoms. The maximum absolute atomic E-state index is 11.2. The lowest BCUT2D eigenvalue weighted by Crippen LogP contribution is -2.36. The summed E-state index contributed by atoms with van der Waals surface area (Å²) in [5.41, 5.74) is 5.14. The Morgan fingerprint density at radius 1 is 1.23 bits per heavy atom. The first-order chi connectivity index (χ1) is 19.1. The quantitative estimate of drug-likeness (QED) is 0.160. The summed E-state index contributed by atoms with van der Waals surface area (Å²) in [6, 6.07) is 10.5. The van der Waals surface area contributed by atoms with Gasteiger partial charge in [-0.15, -0.1) is 11.3 Å². The van der Waals surface area contributed by atoms with Crippen LogP contribution in [0.1, 0.15) is 10.4 Å². The minimum atomic E-state index is -0.614. The van der Waals surface area contributed by atoms with Crippen LogP contribution >= 0.6 is 11.3 Å². The predicted molar refractivity (Wildman–Crippen MR) is 151 cm³/mol. The Labute approximate surface area is 227 Å². The first kappa shape index (κ1) is 24.9. The lowest BCUT2D eigenvalue weighted by Gasteiger charge is -2.28. The molecule has 0 radical (unpaired) electrons. The number of benzene rings is 1. The molecule has 5 heterocycles. The van der Waals surface area contributed by atoms with Gasteiger partial charge < -0.3 is 14.5 Å². The maximum Gasteiger partial charge on any atom is 0.267 e. The molecule has 1 saturated heterocycles. The van der Waals surface area contributed by atoms with Crippen molar-refractivity contribution in [3.63, 3.8) is 0 Å². The van der Waals surface area contributed by atoms with Gasteiger partial charge in [-0.05, 0) is 29.7 Å². The minimum Gasteiger partial charge on any atom is -0.378 e. The number of pyridine rings is 1. The number of aromatic amines is 1. The fourth-order valence-electron chi connectivity index (χ4n) is 4.61. The van der Waals surface area contributed by atoms with Gasteiger partial charge in [-0.25, -0.2) is 20.4 Å². The van der Waals surface area contributed by atoms with E-state index in [9.17, 15) is 4.79 Å². The van der Waals surface area contributed by atoms with Crippen molar-refractivity contribution in [3.05, 3.63) is 65.4 Å². The number of nitrogens with zero attached hydrogens (tertiary/aromatic N) is 6. The summed E-state index contributed by atoms with van der Waals surface area (Å²) in [5.74, 6) is 0.927. The zero-order valence-electron chi connectivity index (χ0n) is 21.2. The van der Waals surface area contributed by atoms with Gasteiger partial charge in [-0.2, -0.15) is 5.10 Å². The SMILES string of the molecule is CN(Cc1cc2cc(-c3cccc4[nH]ncc34)nc(N3CCOCC3)c2s1)c1ncc(/C=C/C(=O)NO)cn1. The third kappa shape index (κ3) is 5.17. The highest BCUT2D eigenvalue weighted by atomic mass is 32.1. The van der Waals surface area contributed by atoms with Crippen LogP contribution in [-0.4, -0.2) is 69.6 Å². The zero-order valence-corrected chi connectivity index (χ0v) is 22.0. The van der Waals surface area contributed by atoms with E-state index in [0.717, 1.165) is 56.0 Å². The highest BCUT2D eigenvalue weighted by Crippen LogP contribution is 2.38. The van der Waals surface area contributed by atoms with E-state index in [2.05, 4.69) is 43.3 Å². The van der Waals surface area contributed by atoms with E-state index < -0.39 is 5.91 Å². The van der Waals surface area contributed by atoms with Gasteiger partial charge in [0.25, 0.3) is 5.91 Å². The Hall–Kier alpha value is -4.39. The Kier molecular flexibility index (Phi) is 6.88. The van der Waals surface area contributed by atoms with Gasteiger partial charge >= 0.3 is 0 Å². The van der Waals surface area contributed by atoms with Crippen molar-refractivity contribution >= 4 is 56.1 Å². The van der Waals surface area contributed by atoms with Crippen molar-refractivity contribution in [3.8, 4) is 11.3 Å². The number of ether oxygens (including phenoxy) is 1. The van der Waals surface area contributed by atoms with Gasteiger partial charge in [-0.1, -0.05) is 12.1 Å². The number of thiophene rings is 1. The summed E-state index contributed by atoms with van der Waals surface area (Å²) >= 11 is 1.73. The van der Waals surface area contributed by atoms with E-state index >= 15 is 0 Å². The topological polar surface area (TPSA) is 132 Å². The molecule has 0 spiro atoms. The lowest BCUT2D eigenvalue weighted by atomic mass is 10.1. The monoisotopic (exact) mass is 542 g/mol. The molecule has 1 aromatic carbocycles. The number of amides is 1. The average Bonchev–Trinajstić information content (AvgIpc) is 3.62. The molecule has 4 aromatic heterocycles. The first-order valence-electron chi connectivity index (χ1n) is 12.4. The van der Waals surface area contributed by atoms with Crippen molar-refractivity contribution in [2.75, 3.05) is 43.2 Å². The van der Waals surface area contributed by atoms with E-state index in [1.165, 1.54) is 12.2 Å². The molecule has 1 fully saturated rings. The van der Waals surface area contributed by atoms with Crippen LogP contribution in [0, 0.1) is 0 Å². The van der Waals surface area contributed by atoms with E-state index in [1.54, 1.807) is 29.2 Å². The third-order valence-electron chi connectivity index (χ3n) is 6.53. The Morgan fingerprint density at radius 2 is 2.05 bits per heavy atom. The van der Waals surface area contributed by atoms with Crippen molar-refractivity contribution in [1.29, 1.82) is 0 Å². The van der Waals surface area contributed by atoms with Crippen LogP contribution in [0.15, 0.2) is 55.0 Å². The Bertz CT molecular complexity index is 1660. The summed E-state index contributed by atoms with van der Waals surface area (Å²) in [6.07, 6.45) is 7.85. The zero-order chi connectivity index (χ0) is 26.8. The number of nitrogens with one attached hydrogen (secondary N) is 2. The van der Waals surface area contributed by atoms with Gasteiger partial charge in [0.2, 0.25) is 5.95 Å². The van der Waals surface area contributed by atoms with Crippen LogP contribution < -0.4 is 15.3 Å². The molecule has 5 aromatic rings. The van der Waals surface area contributed by atoms with Crippen molar-refractivity contribution in [2.45, 2.75) is 6.54 Å². The number of hydroxylamine groups is 1. The maximum atomic E-state index is 11.2. The smallest absolute Gasteiger partial charge is 0.267 e. The minimum absolute atomic E-state index is 0.565. The fraction of sp³-hybridized carbons (Fsp3) is 0.222. The van der Waals surface area contributed by atoms with E-state index in [4.69, 9.17) is 14.9 Å². The molecule has 1 aliphatic heterocycles. The number of carbonyl (C=O) groups is 1. The molecule has 198 valence electrons. The van der Waals surface area contributed by atoms with Crippen LogP contribution in [0.3, 0.4) is 0 Å². The molecule has 3 N–H and O–H groups in total. The van der Waals surface area contributed by atoms with Gasteiger partial charge in [0, 0.05) is 60.0 Å². The molecule has 0 aliphatic carbocycles. The molecule has 39 heavy (non-hydrogen) atoms. The van der Waals surface area contributed by atoms with Gasteiger partial charge in [0.1, 0.15) is 5.82 Å². The summed E-state index contributed by atoms with van der Waals surface area (Å²) < 4.78 is 6.75. The molecule has 0 saturated carbocycles. The Balaban J connectivity index is 1.32. The van der Waals surface area contributed by atoms with E-state index in [0.29, 0.717) is 31.3 Å². The number of fused-ring (bicyclic) bond motifs is 2. The van der Waals surface area contributed by atoms with Crippen LogP contribution in [-0.2, 0) is 16.1 Å². The molecule has 0 atom stereocenters. The number of hydrogen-bond donors (Lipinski definition) is 3. The largest absolute Gasteiger partial charge is 0.378 e. The van der Waals surface area contributed by atoms with E-state index in [1.807, 2.05) is 30.3 Å². The van der Waals surface area contributed by atoms with Crippen molar-refractivity contribution in [2.24, 2.45) is 0 Å². The normalized spacial score (nSPS) is 13.9. The molecular formula is C27H26N8O3S. The fourth-order valence-corrected chi connectivity index (χ4v) is 5.82. The number of carbonyl (C=O) groups excluding carboxylic acids is 1. The van der Waals surface area contributed by atoms with Crippen molar-refractivity contribution in [1.82, 2.24) is 30.6 Å². The highest BCUT2D eigenvalue weighted by Gasteiger charge is 2.20. The summed E-state index contributed by atoms with van der Waals surface area (Å²) in [4.78, 5) is 30.7. The standard InChI is InChI=1S/C27H26N8O3S/c1-34(27-28-13-17(14-29-27)5-6-24(36)33-37)16-19-11-18-12-23(20-3-2-4-22-21(20)15-30-32-22)31-26(25(18)39-19)35-7-9-38-10-8-35/h2-6,11-15,37H,7-10,16H2,1H3,(H,30,32)(H,33,36)/b6-5+. The number of hydrogen-bond acceptors (Lipinski definition) is 10. The Morgan fingerprint density at radius 3 is 2.85 bits per heavy atom. The van der Waals surface area contributed by atoms with Crippen LogP contribution in [0.4, 0.5) is 11.8 Å². The molecule has 1 amide bonds. The van der Waals surface area contributed by atoms with E-state index in [-0.39, 0.29) is 0 Å². The van der Waals surface area contributed by atoms with Crippen LogP contribution in [0.2, 0.25) is 0 Å². The molecule has 1 aliphatic rings. The molecule has 0 bridgehead atoms. The highest BCUT2D eigenvalue weighted by molar-refractivity contribution is 7.19. The number of rotatable bonds is 7. The number of aromatic nitrogens is 5. The average molecular weight is 543 g/mol. The molecular weight excluding hydrogens is 516 g/mol. The molecule has 0 unspecified atom stereocenters. The predicted octanol–water partition coefficient (Wildman–Crippen LogP) is 3.62. The molecule has 6 rings (SSSR count). The van der Waals surface area contributed by atoms with Crippen LogP contribution in [0.25, 0.3) is 38.3 Å². The second kappa shape index (κ2) is 10.8. The number of anilines is 2. The first-order valence-corrected chi connectivity index (χ1v) is 13.2. The third-order valence-corrected chi connectivity index (χ3v) is 7.67. The van der Waals surface area contributed by atoms with Crippen molar-refractivity contribution < 1.29 is 14.7 Å². The second-order valence-electron chi connectivity index (χ2n) is 9.18. The summed E-state index contributed by atoms with van der Waals surface area (Å²) in [7, 11) is 1.95. The van der Waals surface area contributed by atoms with Gasteiger partial charge in [0.05, 0.1) is 41.9 Å². The lowest BCUT2D eigenvalue weighted by molar-refractivity contribution is -0.124. The summed E-state index contributed by atoms with van der Waals surface area (Å²) in [6.45, 7) is 3.57. The summed E-state index contributed by atoms with van der Waals surface area (Å²) in [5, 5.41) is 18.1. The van der Waals surface area contributed by atoms with Crippen LogP contribution in [0.5, 0.6) is 0 Å². The number of morpholine rings is 1. The number of H-pyrrole nitrogens is 1.